The van der Waals surface area contributed by atoms with E-state index in [9.17, 15) is 0 Å². The maximum atomic E-state index is 5.57. The number of aryl methyl sites for hydroxylation is 1. The van der Waals surface area contributed by atoms with Gasteiger partial charge in [0, 0.05) is 56.4 Å². The van der Waals surface area contributed by atoms with Crippen LogP contribution in [0.1, 0.15) is 25.3 Å². The molecule has 0 aliphatic carbocycles. The van der Waals surface area contributed by atoms with E-state index in [0.29, 0.717) is 0 Å². The Morgan fingerprint density at radius 2 is 1.93 bits per heavy atom. The van der Waals surface area contributed by atoms with Crippen molar-refractivity contribution in [1.29, 1.82) is 0 Å². The molecule has 0 atom stereocenters. The molecule has 7 heteroatoms. The molecule has 158 valence electrons. The van der Waals surface area contributed by atoms with Crippen LogP contribution in [0.3, 0.4) is 0 Å². The van der Waals surface area contributed by atoms with Gasteiger partial charge in [-0.3, -0.25) is 4.99 Å². The molecule has 0 aromatic heterocycles. The van der Waals surface area contributed by atoms with Crippen molar-refractivity contribution in [3.63, 3.8) is 0 Å². The second kappa shape index (κ2) is 11.5. The summed E-state index contributed by atoms with van der Waals surface area (Å²) in [6, 6.07) is 8.81. The van der Waals surface area contributed by atoms with E-state index in [-0.39, 0.29) is 28.7 Å². The van der Waals surface area contributed by atoms with E-state index in [1.54, 1.807) is 0 Å². The molecule has 1 N–H and O–H groups in total. The minimum absolute atomic E-state index is 0. The molecule has 2 heterocycles. The Hall–Kier alpha value is -0.670. The van der Waals surface area contributed by atoms with Gasteiger partial charge < -0.3 is 19.9 Å². The predicted molar refractivity (Wildman–Crippen MR) is 133 cm³/mol. The zero-order valence-corrected chi connectivity index (χ0v) is 20.6. The number of nitrogens with one attached hydrogen (secondary N) is 1. The quantitative estimate of drug-likeness (QED) is 0.367. The van der Waals surface area contributed by atoms with E-state index in [4.69, 9.17) is 9.73 Å². The third kappa shape index (κ3) is 6.16. The third-order valence-electron chi connectivity index (χ3n) is 5.63. The van der Waals surface area contributed by atoms with Crippen LogP contribution in [0.2, 0.25) is 0 Å². The summed E-state index contributed by atoms with van der Waals surface area (Å²) >= 11 is 1.96. The van der Waals surface area contributed by atoms with Crippen molar-refractivity contribution in [3.05, 3.63) is 29.8 Å². The first-order chi connectivity index (χ1) is 13.2. The van der Waals surface area contributed by atoms with E-state index in [1.807, 2.05) is 11.8 Å². The Morgan fingerprint density at radius 1 is 1.21 bits per heavy atom. The van der Waals surface area contributed by atoms with Crippen molar-refractivity contribution in [2.24, 2.45) is 4.99 Å². The maximum Gasteiger partial charge on any atom is 0.194 e. The monoisotopic (exact) mass is 518 g/mol. The van der Waals surface area contributed by atoms with Crippen molar-refractivity contribution in [2.45, 2.75) is 31.4 Å². The van der Waals surface area contributed by atoms with Crippen LogP contribution in [0.25, 0.3) is 0 Å². The highest BCUT2D eigenvalue weighted by Gasteiger charge is 2.32. The molecule has 2 saturated heterocycles. The summed E-state index contributed by atoms with van der Waals surface area (Å²) in [7, 11) is 0. The highest BCUT2D eigenvalue weighted by molar-refractivity contribution is 14.0. The van der Waals surface area contributed by atoms with Crippen molar-refractivity contribution in [2.75, 3.05) is 63.6 Å². The third-order valence-corrected chi connectivity index (χ3v) is 7.04. The number of rotatable bonds is 5. The van der Waals surface area contributed by atoms with Crippen LogP contribution in [0.5, 0.6) is 0 Å². The Labute approximate surface area is 191 Å². The van der Waals surface area contributed by atoms with E-state index in [2.05, 4.69) is 59.5 Å². The fourth-order valence-corrected chi connectivity index (χ4v) is 4.58. The average molecular weight is 519 g/mol. The fourth-order valence-electron chi connectivity index (χ4n) is 3.82. The topological polar surface area (TPSA) is 40.1 Å². The van der Waals surface area contributed by atoms with Gasteiger partial charge in [-0.25, -0.2) is 0 Å². The van der Waals surface area contributed by atoms with Crippen LogP contribution >= 0.6 is 35.7 Å². The first kappa shape index (κ1) is 23.6. The van der Waals surface area contributed by atoms with Crippen LogP contribution in [0, 0.1) is 6.92 Å². The minimum atomic E-state index is 0. The van der Waals surface area contributed by atoms with Gasteiger partial charge in [0.25, 0.3) is 0 Å². The van der Waals surface area contributed by atoms with Crippen molar-refractivity contribution >= 4 is 47.4 Å². The summed E-state index contributed by atoms with van der Waals surface area (Å²) in [5.74, 6) is 1.07. The average Bonchev–Trinajstić information content (AvgIpc) is 2.72. The van der Waals surface area contributed by atoms with Crippen molar-refractivity contribution in [1.82, 2.24) is 10.2 Å². The molecule has 0 radical (unpaired) electrons. The summed E-state index contributed by atoms with van der Waals surface area (Å²) in [5, 5.41) is 3.51. The van der Waals surface area contributed by atoms with Gasteiger partial charge in [-0.05, 0) is 50.6 Å². The molecular formula is C21H35IN4OS. The first-order valence-corrected chi connectivity index (χ1v) is 11.4. The van der Waals surface area contributed by atoms with Gasteiger partial charge in [-0.2, -0.15) is 11.8 Å². The van der Waals surface area contributed by atoms with Crippen LogP contribution in [0.15, 0.2) is 29.3 Å². The van der Waals surface area contributed by atoms with E-state index >= 15 is 0 Å². The second-order valence-corrected chi connectivity index (χ2v) is 8.76. The van der Waals surface area contributed by atoms with Gasteiger partial charge in [0.15, 0.2) is 5.96 Å². The molecule has 0 saturated carbocycles. The lowest BCUT2D eigenvalue weighted by Crippen LogP contribution is -2.53. The number of hydrogen-bond donors (Lipinski definition) is 1. The lowest BCUT2D eigenvalue weighted by atomic mass is 9.99. The van der Waals surface area contributed by atoms with Gasteiger partial charge in [0.1, 0.15) is 0 Å². The Balaban J connectivity index is 0.00000280. The summed E-state index contributed by atoms with van der Waals surface area (Å²) in [5.41, 5.74) is 2.66. The number of hydrogen-bond acceptors (Lipinski definition) is 4. The molecule has 2 fully saturated rings. The van der Waals surface area contributed by atoms with Crippen molar-refractivity contribution < 1.29 is 4.74 Å². The number of anilines is 1. The van der Waals surface area contributed by atoms with Crippen LogP contribution in [-0.4, -0.2) is 74.3 Å². The van der Waals surface area contributed by atoms with Crippen LogP contribution in [-0.2, 0) is 4.74 Å². The lowest BCUT2D eigenvalue weighted by Gasteiger charge is -2.39. The van der Waals surface area contributed by atoms with Gasteiger partial charge in [0.2, 0.25) is 0 Å². The molecule has 28 heavy (non-hydrogen) atoms. The second-order valence-electron chi connectivity index (χ2n) is 7.48. The summed E-state index contributed by atoms with van der Waals surface area (Å²) in [6.07, 6.45) is 4.41. The summed E-state index contributed by atoms with van der Waals surface area (Å²) < 4.78 is 5.80. The van der Waals surface area contributed by atoms with E-state index < -0.39 is 0 Å². The van der Waals surface area contributed by atoms with Gasteiger partial charge in [0.05, 0.1) is 6.54 Å². The molecule has 0 spiro atoms. The molecule has 3 rings (SSSR count). The number of piperazine rings is 1. The smallest absolute Gasteiger partial charge is 0.194 e. The molecule has 0 amide bonds. The Morgan fingerprint density at radius 3 is 2.54 bits per heavy atom. The number of guanidine groups is 1. The van der Waals surface area contributed by atoms with E-state index in [0.717, 1.165) is 71.3 Å². The normalized spacial score (nSPS) is 19.9. The summed E-state index contributed by atoms with van der Waals surface area (Å²) in [6.45, 7) is 11.9. The highest BCUT2D eigenvalue weighted by Crippen LogP contribution is 2.34. The molecule has 0 unspecified atom stereocenters. The Kier molecular flexibility index (Phi) is 9.69. The lowest BCUT2D eigenvalue weighted by molar-refractivity contribution is 0.0793. The number of benzene rings is 1. The van der Waals surface area contributed by atoms with Crippen LogP contribution < -0.4 is 10.2 Å². The molecule has 2 aliphatic heterocycles. The zero-order valence-electron chi connectivity index (χ0n) is 17.4. The molecule has 0 bridgehead atoms. The standard InChI is InChI=1S/C21H34N4OS.HI/c1-4-22-20(23-17-21(27-3)8-14-26-15-9-21)25-12-10-24(11-13-25)19-7-5-6-18(2)16-19;/h5-7,16H,4,8-15,17H2,1-3H3,(H,22,23);1H. The fraction of sp³-hybridized carbons (Fsp3) is 0.667. The summed E-state index contributed by atoms with van der Waals surface area (Å²) in [4.78, 5) is 9.95. The number of halogens is 1. The van der Waals surface area contributed by atoms with Gasteiger partial charge in [-0.1, -0.05) is 12.1 Å². The first-order valence-electron chi connectivity index (χ1n) is 10.1. The zero-order chi connectivity index (χ0) is 19.1. The highest BCUT2D eigenvalue weighted by atomic mass is 127. The molecule has 5 nitrogen and oxygen atoms in total. The van der Waals surface area contributed by atoms with Gasteiger partial charge in [-0.15, -0.1) is 24.0 Å². The van der Waals surface area contributed by atoms with Crippen molar-refractivity contribution in [3.8, 4) is 0 Å². The van der Waals surface area contributed by atoms with Crippen LogP contribution in [0.4, 0.5) is 5.69 Å². The largest absolute Gasteiger partial charge is 0.381 e. The molecular weight excluding hydrogens is 483 g/mol. The molecule has 2 aliphatic rings. The minimum Gasteiger partial charge on any atom is -0.381 e. The number of aliphatic imine (C=N–C) groups is 1. The van der Waals surface area contributed by atoms with E-state index in [1.165, 1.54) is 11.3 Å². The maximum absolute atomic E-state index is 5.57. The number of thioether (sulfide) groups is 1. The molecule has 1 aromatic carbocycles. The van der Waals surface area contributed by atoms with Gasteiger partial charge >= 0.3 is 0 Å². The number of nitrogens with zero attached hydrogens (tertiary/aromatic N) is 3. The molecule has 1 aromatic rings. The SMILES string of the molecule is CCNC(=NCC1(SC)CCOCC1)N1CCN(c2cccc(C)c2)CC1.I. The number of ether oxygens (including phenoxy) is 1. The predicted octanol–water partition coefficient (Wildman–Crippen LogP) is 3.61. The Bertz CT molecular complexity index is 629.